The first-order chi connectivity index (χ1) is 11.2. The van der Waals surface area contributed by atoms with Gasteiger partial charge in [0.2, 0.25) is 0 Å². The predicted molar refractivity (Wildman–Crippen MR) is 96.8 cm³/mol. The molecule has 0 amide bonds. The van der Waals surface area contributed by atoms with Gasteiger partial charge in [-0.2, -0.15) is 0 Å². The lowest BCUT2D eigenvalue weighted by molar-refractivity contribution is 0.395. The van der Waals surface area contributed by atoms with E-state index >= 15 is 0 Å². The normalized spacial score (nSPS) is 11.3. The number of thiazole rings is 1. The van der Waals surface area contributed by atoms with E-state index in [2.05, 4.69) is 32.5 Å². The molecule has 4 nitrogen and oxygen atoms in total. The summed E-state index contributed by atoms with van der Waals surface area (Å²) in [5, 5.41) is 0. The Morgan fingerprint density at radius 2 is 1.96 bits per heavy atom. The number of benzene rings is 2. The van der Waals surface area contributed by atoms with Gasteiger partial charge >= 0.3 is 0 Å². The number of nitrogens with zero attached hydrogens (tertiary/aromatic N) is 2. The Bertz CT molecular complexity index is 1020. The molecular weight excluding hydrogens is 376 g/mol. The fourth-order valence-electron chi connectivity index (χ4n) is 2.65. The molecule has 0 radical (unpaired) electrons. The van der Waals surface area contributed by atoms with E-state index < -0.39 is 0 Å². The minimum absolute atomic E-state index is 0.728. The quantitative estimate of drug-likeness (QED) is 0.495. The Kier molecular flexibility index (Phi) is 3.50. The summed E-state index contributed by atoms with van der Waals surface area (Å²) < 4.78 is 15.1. The van der Waals surface area contributed by atoms with Gasteiger partial charge in [-0.1, -0.05) is 23.5 Å². The van der Waals surface area contributed by atoms with Crippen LogP contribution in [0.25, 0.3) is 26.4 Å². The molecule has 4 aromatic rings. The van der Waals surface area contributed by atoms with Crippen LogP contribution in [-0.4, -0.2) is 23.6 Å². The van der Waals surface area contributed by atoms with Crippen LogP contribution in [0.5, 0.6) is 11.5 Å². The topological polar surface area (TPSA) is 35.8 Å². The summed E-state index contributed by atoms with van der Waals surface area (Å²) in [7, 11) is 3.29. The largest absolute Gasteiger partial charge is 0.497 e. The van der Waals surface area contributed by atoms with Gasteiger partial charge in [0, 0.05) is 16.7 Å². The SMILES string of the molecule is COc1cc(Br)c(-c2cn3c(n2)sc2ccccc23)c(OC)c1. The monoisotopic (exact) mass is 388 g/mol. The molecule has 0 saturated heterocycles. The van der Waals surface area contributed by atoms with E-state index in [9.17, 15) is 0 Å². The molecule has 0 aliphatic heterocycles. The number of hydrogen-bond donors (Lipinski definition) is 0. The summed E-state index contributed by atoms with van der Waals surface area (Å²) in [6, 6.07) is 12.1. The van der Waals surface area contributed by atoms with Gasteiger partial charge in [-0.05, 0) is 34.1 Å². The van der Waals surface area contributed by atoms with Crippen molar-refractivity contribution >= 4 is 42.4 Å². The number of aromatic nitrogens is 2. The lowest BCUT2D eigenvalue weighted by atomic mass is 10.1. The van der Waals surface area contributed by atoms with E-state index in [4.69, 9.17) is 14.5 Å². The van der Waals surface area contributed by atoms with Crippen LogP contribution in [0.15, 0.2) is 47.1 Å². The zero-order valence-electron chi connectivity index (χ0n) is 12.5. The van der Waals surface area contributed by atoms with Crippen molar-refractivity contribution in [1.82, 2.24) is 9.38 Å². The Hall–Kier alpha value is -2.05. The lowest BCUT2D eigenvalue weighted by Crippen LogP contribution is -1.92. The summed E-state index contributed by atoms with van der Waals surface area (Å²) in [5.74, 6) is 1.47. The van der Waals surface area contributed by atoms with E-state index in [0.29, 0.717) is 0 Å². The lowest BCUT2D eigenvalue weighted by Gasteiger charge is -2.11. The van der Waals surface area contributed by atoms with Crippen LogP contribution in [-0.2, 0) is 0 Å². The maximum absolute atomic E-state index is 5.53. The van der Waals surface area contributed by atoms with Crippen molar-refractivity contribution < 1.29 is 9.47 Å². The first kappa shape index (κ1) is 14.5. The zero-order valence-corrected chi connectivity index (χ0v) is 14.9. The third-order valence-electron chi connectivity index (χ3n) is 3.74. The minimum atomic E-state index is 0.728. The highest BCUT2D eigenvalue weighted by Gasteiger charge is 2.17. The third kappa shape index (κ3) is 2.29. The number of para-hydroxylation sites is 1. The van der Waals surface area contributed by atoms with E-state index in [0.717, 1.165) is 37.7 Å². The molecule has 0 atom stereocenters. The van der Waals surface area contributed by atoms with Gasteiger partial charge in [0.15, 0.2) is 4.96 Å². The molecule has 6 heteroatoms. The maximum atomic E-state index is 5.53. The van der Waals surface area contributed by atoms with Crippen LogP contribution in [0.2, 0.25) is 0 Å². The maximum Gasteiger partial charge on any atom is 0.195 e. The van der Waals surface area contributed by atoms with Crippen LogP contribution < -0.4 is 9.47 Å². The van der Waals surface area contributed by atoms with Crippen molar-refractivity contribution in [3.63, 3.8) is 0 Å². The molecule has 0 unspecified atom stereocenters. The van der Waals surface area contributed by atoms with Crippen molar-refractivity contribution in [2.24, 2.45) is 0 Å². The Morgan fingerprint density at radius 1 is 1.13 bits per heavy atom. The number of hydrogen-bond acceptors (Lipinski definition) is 4. The van der Waals surface area contributed by atoms with Gasteiger partial charge in [0.1, 0.15) is 11.5 Å². The highest BCUT2D eigenvalue weighted by atomic mass is 79.9. The van der Waals surface area contributed by atoms with Gasteiger partial charge in [-0.25, -0.2) is 4.98 Å². The van der Waals surface area contributed by atoms with Gasteiger partial charge < -0.3 is 9.47 Å². The molecule has 116 valence electrons. The van der Waals surface area contributed by atoms with Gasteiger partial charge in [0.05, 0.1) is 35.7 Å². The van der Waals surface area contributed by atoms with Crippen LogP contribution >= 0.6 is 27.3 Å². The van der Waals surface area contributed by atoms with Crippen molar-refractivity contribution in [3.8, 4) is 22.8 Å². The molecule has 0 aliphatic rings. The van der Waals surface area contributed by atoms with E-state index in [1.165, 1.54) is 4.70 Å². The molecule has 0 spiro atoms. The fourth-order valence-corrected chi connectivity index (χ4v) is 4.29. The van der Waals surface area contributed by atoms with Gasteiger partial charge in [-0.15, -0.1) is 0 Å². The fraction of sp³-hybridized carbons (Fsp3) is 0.118. The van der Waals surface area contributed by atoms with Crippen molar-refractivity contribution in [2.75, 3.05) is 14.2 Å². The molecule has 0 fully saturated rings. The van der Waals surface area contributed by atoms with Crippen LogP contribution in [0.3, 0.4) is 0 Å². The van der Waals surface area contributed by atoms with Crippen LogP contribution in [0.4, 0.5) is 0 Å². The molecule has 2 aromatic heterocycles. The number of rotatable bonds is 3. The first-order valence-corrected chi connectivity index (χ1v) is 8.60. The van der Waals surface area contributed by atoms with Gasteiger partial charge in [-0.3, -0.25) is 4.40 Å². The second-order valence-corrected chi connectivity index (χ2v) is 6.90. The average molecular weight is 389 g/mol. The molecule has 2 heterocycles. The Labute approximate surface area is 145 Å². The van der Waals surface area contributed by atoms with Crippen LogP contribution in [0, 0.1) is 0 Å². The van der Waals surface area contributed by atoms with Crippen LogP contribution in [0.1, 0.15) is 0 Å². The number of imidazole rings is 1. The average Bonchev–Trinajstić information content (AvgIpc) is 3.11. The first-order valence-electron chi connectivity index (χ1n) is 7.00. The molecule has 23 heavy (non-hydrogen) atoms. The summed E-state index contributed by atoms with van der Waals surface area (Å²) in [6.07, 6.45) is 2.04. The molecule has 0 aliphatic carbocycles. The summed E-state index contributed by atoms with van der Waals surface area (Å²) in [4.78, 5) is 5.74. The molecule has 4 rings (SSSR count). The summed E-state index contributed by atoms with van der Waals surface area (Å²) in [5.41, 5.74) is 2.96. The highest BCUT2D eigenvalue weighted by molar-refractivity contribution is 9.10. The second-order valence-electron chi connectivity index (χ2n) is 5.03. The third-order valence-corrected chi connectivity index (χ3v) is 5.40. The summed E-state index contributed by atoms with van der Waals surface area (Å²) in [6.45, 7) is 0. The van der Waals surface area contributed by atoms with Crippen molar-refractivity contribution in [1.29, 1.82) is 0 Å². The molecule has 0 saturated carbocycles. The summed E-state index contributed by atoms with van der Waals surface area (Å²) >= 11 is 5.28. The number of halogens is 1. The highest BCUT2D eigenvalue weighted by Crippen LogP contribution is 2.40. The molecule has 2 aromatic carbocycles. The predicted octanol–water partition coefficient (Wildman–Crippen LogP) is 5.00. The molecular formula is C17H13BrN2O2S. The second kappa shape index (κ2) is 5.54. The van der Waals surface area contributed by atoms with E-state index in [-0.39, 0.29) is 0 Å². The number of methoxy groups -OCH3 is 2. The number of ether oxygens (including phenoxy) is 2. The standard InChI is InChI=1S/C17H13BrN2O2S/c1-21-10-7-11(18)16(14(8-10)22-2)12-9-20-13-5-3-4-6-15(13)23-17(20)19-12/h3-9H,1-2H3. The zero-order chi connectivity index (χ0) is 16.0. The van der Waals surface area contributed by atoms with E-state index in [1.54, 1.807) is 25.6 Å². The molecule has 0 N–H and O–H groups in total. The smallest absolute Gasteiger partial charge is 0.195 e. The Morgan fingerprint density at radius 3 is 2.74 bits per heavy atom. The number of fused-ring (bicyclic) bond motifs is 3. The van der Waals surface area contributed by atoms with E-state index in [1.807, 2.05) is 30.5 Å². The van der Waals surface area contributed by atoms with Crippen molar-refractivity contribution in [3.05, 3.63) is 47.1 Å². The Balaban J connectivity index is 1.95. The minimum Gasteiger partial charge on any atom is -0.497 e. The van der Waals surface area contributed by atoms with Crippen molar-refractivity contribution in [2.45, 2.75) is 0 Å². The van der Waals surface area contributed by atoms with Gasteiger partial charge in [0.25, 0.3) is 0 Å². The molecule has 0 bridgehead atoms.